The van der Waals surface area contributed by atoms with Gasteiger partial charge in [0.25, 0.3) is 0 Å². The van der Waals surface area contributed by atoms with Gasteiger partial charge < -0.3 is 14.8 Å². The predicted octanol–water partition coefficient (Wildman–Crippen LogP) is 3.66. The average molecular weight is 295 g/mol. The number of rotatable bonds is 8. The second-order valence-corrected chi connectivity index (χ2v) is 5.93. The molecule has 1 N–H and O–H groups in total. The molecule has 1 heterocycles. The van der Waals surface area contributed by atoms with Crippen LogP contribution in [-0.2, 0) is 11.3 Å². The van der Waals surface area contributed by atoms with Crippen molar-refractivity contribution in [2.24, 2.45) is 0 Å². The van der Waals surface area contributed by atoms with Crippen molar-refractivity contribution in [1.82, 2.24) is 5.32 Å². The number of nitrogens with one attached hydrogen (secondary N) is 1. The third kappa shape index (κ3) is 5.64. The zero-order valence-electron chi connectivity index (χ0n) is 13.0. The summed E-state index contributed by atoms with van der Waals surface area (Å²) in [4.78, 5) is 0. The van der Waals surface area contributed by atoms with E-state index in [0.717, 1.165) is 37.9 Å². The molecule has 0 spiro atoms. The normalized spacial score (nSPS) is 18.4. The summed E-state index contributed by atoms with van der Waals surface area (Å²) in [7, 11) is 0. The van der Waals surface area contributed by atoms with Gasteiger partial charge in [0.1, 0.15) is 0 Å². The van der Waals surface area contributed by atoms with Crippen LogP contribution in [0.15, 0.2) is 18.2 Å². The number of hydrogen-bond acceptors (Lipinski definition) is 3. The Kier molecular flexibility index (Phi) is 6.46. The Hall–Kier alpha value is -1.13. The highest BCUT2D eigenvalue weighted by atomic mass is 19.1. The van der Waals surface area contributed by atoms with Crippen LogP contribution < -0.4 is 10.1 Å². The monoisotopic (exact) mass is 295 g/mol. The minimum Gasteiger partial charge on any atom is -0.491 e. The van der Waals surface area contributed by atoms with Crippen molar-refractivity contribution >= 4 is 0 Å². The fraction of sp³-hybridized carbons (Fsp3) is 0.647. The summed E-state index contributed by atoms with van der Waals surface area (Å²) in [6, 6.07) is 5.57. The van der Waals surface area contributed by atoms with Crippen molar-refractivity contribution < 1.29 is 13.9 Å². The molecule has 21 heavy (non-hydrogen) atoms. The Morgan fingerprint density at radius 1 is 1.43 bits per heavy atom. The summed E-state index contributed by atoms with van der Waals surface area (Å²) >= 11 is 0. The Morgan fingerprint density at radius 3 is 2.95 bits per heavy atom. The summed E-state index contributed by atoms with van der Waals surface area (Å²) < 4.78 is 25.0. The van der Waals surface area contributed by atoms with Gasteiger partial charge in [-0.05, 0) is 43.4 Å². The quantitative estimate of drug-likeness (QED) is 0.742. The van der Waals surface area contributed by atoms with Gasteiger partial charge in [-0.3, -0.25) is 0 Å². The Balaban J connectivity index is 1.72. The van der Waals surface area contributed by atoms with Crippen molar-refractivity contribution in [3.8, 4) is 5.75 Å². The molecule has 0 saturated carbocycles. The van der Waals surface area contributed by atoms with Crippen molar-refractivity contribution in [2.75, 3.05) is 13.2 Å². The molecule has 1 saturated heterocycles. The van der Waals surface area contributed by atoms with Gasteiger partial charge in [-0.1, -0.05) is 19.9 Å². The van der Waals surface area contributed by atoms with Crippen LogP contribution in [0.3, 0.4) is 0 Å². The maximum atomic E-state index is 13.9. The fourth-order valence-electron chi connectivity index (χ4n) is 2.46. The lowest BCUT2D eigenvalue weighted by Crippen LogP contribution is -2.21. The van der Waals surface area contributed by atoms with Gasteiger partial charge in [0.15, 0.2) is 11.6 Å². The summed E-state index contributed by atoms with van der Waals surface area (Å²) in [5, 5.41) is 3.27. The molecule has 0 amide bonds. The van der Waals surface area contributed by atoms with Gasteiger partial charge in [-0.2, -0.15) is 0 Å². The van der Waals surface area contributed by atoms with E-state index < -0.39 is 0 Å². The molecule has 0 radical (unpaired) electrons. The number of halogens is 1. The highest BCUT2D eigenvalue weighted by Crippen LogP contribution is 2.20. The fourth-order valence-corrected chi connectivity index (χ4v) is 2.46. The van der Waals surface area contributed by atoms with E-state index in [1.807, 2.05) is 6.07 Å². The lowest BCUT2D eigenvalue weighted by atomic mass is 10.1. The molecule has 1 unspecified atom stereocenters. The highest BCUT2D eigenvalue weighted by Gasteiger charge is 2.14. The zero-order valence-corrected chi connectivity index (χ0v) is 13.0. The second-order valence-electron chi connectivity index (χ2n) is 5.93. The van der Waals surface area contributed by atoms with Crippen LogP contribution in [0.1, 0.15) is 45.1 Å². The molecule has 118 valence electrons. The van der Waals surface area contributed by atoms with Crippen LogP contribution in [0.5, 0.6) is 5.75 Å². The van der Waals surface area contributed by atoms with Crippen LogP contribution >= 0.6 is 0 Å². The topological polar surface area (TPSA) is 30.5 Å². The molecule has 2 rings (SSSR count). The van der Waals surface area contributed by atoms with Gasteiger partial charge in [0.2, 0.25) is 0 Å². The smallest absolute Gasteiger partial charge is 0.165 e. The van der Waals surface area contributed by atoms with Gasteiger partial charge in [-0.15, -0.1) is 0 Å². The zero-order chi connectivity index (χ0) is 15.1. The highest BCUT2D eigenvalue weighted by molar-refractivity contribution is 5.29. The average Bonchev–Trinajstić information content (AvgIpc) is 2.96. The molecule has 1 aliphatic rings. The first-order chi connectivity index (χ1) is 10.1. The SMILES string of the molecule is CC(C)NCc1ccc(OCCCC2CCCO2)c(F)c1. The predicted molar refractivity (Wildman–Crippen MR) is 82.1 cm³/mol. The number of hydrogen-bond donors (Lipinski definition) is 1. The molecule has 0 bridgehead atoms. The van der Waals surface area contributed by atoms with Gasteiger partial charge in [0, 0.05) is 19.2 Å². The van der Waals surface area contributed by atoms with Crippen molar-refractivity contribution in [2.45, 2.75) is 58.2 Å². The van der Waals surface area contributed by atoms with Crippen LogP contribution in [0.25, 0.3) is 0 Å². The molecule has 1 aliphatic heterocycles. The molecular weight excluding hydrogens is 269 g/mol. The lowest BCUT2D eigenvalue weighted by Gasteiger charge is -2.12. The maximum Gasteiger partial charge on any atom is 0.165 e. The van der Waals surface area contributed by atoms with E-state index in [0.29, 0.717) is 31.0 Å². The van der Waals surface area contributed by atoms with Gasteiger partial charge >= 0.3 is 0 Å². The molecule has 0 aromatic heterocycles. The Bertz CT molecular complexity index is 431. The molecule has 1 aromatic rings. The lowest BCUT2D eigenvalue weighted by molar-refractivity contribution is 0.0979. The van der Waals surface area contributed by atoms with E-state index in [-0.39, 0.29) is 5.82 Å². The van der Waals surface area contributed by atoms with Gasteiger partial charge in [0.05, 0.1) is 12.7 Å². The molecule has 4 heteroatoms. The van der Waals surface area contributed by atoms with Crippen LogP contribution in [0, 0.1) is 5.82 Å². The Morgan fingerprint density at radius 2 is 2.29 bits per heavy atom. The van der Waals surface area contributed by atoms with E-state index in [2.05, 4.69) is 19.2 Å². The number of ether oxygens (including phenoxy) is 2. The van der Waals surface area contributed by atoms with Crippen LogP contribution in [0.4, 0.5) is 4.39 Å². The third-order valence-corrected chi connectivity index (χ3v) is 3.66. The molecule has 1 fully saturated rings. The summed E-state index contributed by atoms with van der Waals surface area (Å²) in [6.45, 7) is 6.24. The van der Waals surface area contributed by atoms with E-state index in [4.69, 9.17) is 9.47 Å². The van der Waals surface area contributed by atoms with Crippen molar-refractivity contribution in [3.63, 3.8) is 0 Å². The molecule has 1 atom stereocenters. The first kappa shape index (κ1) is 16.2. The van der Waals surface area contributed by atoms with E-state index >= 15 is 0 Å². The minimum absolute atomic E-state index is 0.282. The van der Waals surface area contributed by atoms with E-state index in [9.17, 15) is 4.39 Å². The summed E-state index contributed by atoms with van der Waals surface area (Å²) in [6.07, 6.45) is 4.58. The van der Waals surface area contributed by atoms with E-state index in [1.54, 1.807) is 12.1 Å². The molecule has 1 aromatic carbocycles. The molecular formula is C17H26FNO2. The van der Waals surface area contributed by atoms with Crippen LogP contribution in [0.2, 0.25) is 0 Å². The number of benzene rings is 1. The standard InChI is InChI=1S/C17H26FNO2/c1-13(2)19-12-14-7-8-17(16(18)11-14)21-10-4-6-15-5-3-9-20-15/h7-8,11,13,15,19H,3-6,9-10,12H2,1-2H3. The second kappa shape index (κ2) is 8.35. The maximum absolute atomic E-state index is 13.9. The molecule has 3 nitrogen and oxygen atoms in total. The minimum atomic E-state index is -0.282. The third-order valence-electron chi connectivity index (χ3n) is 3.66. The first-order valence-electron chi connectivity index (χ1n) is 7.91. The summed E-state index contributed by atoms with van der Waals surface area (Å²) in [5.41, 5.74) is 0.938. The first-order valence-corrected chi connectivity index (χ1v) is 7.91. The van der Waals surface area contributed by atoms with E-state index in [1.165, 1.54) is 0 Å². The van der Waals surface area contributed by atoms with Crippen molar-refractivity contribution in [3.05, 3.63) is 29.6 Å². The van der Waals surface area contributed by atoms with Crippen molar-refractivity contribution in [1.29, 1.82) is 0 Å². The summed E-state index contributed by atoms with van der Waals surface area (Å²) in [5.74, 6) is 0.0609. The molecule has 0 aliphatic carbocycles. The van der Waals surface area contributed by atoms with Gasteiger partial charge in [-0.25, -0.2) is 4.39 Å². The van der Waals surface area contributed by atoms with Crippen LogP contribution in [-0.4, -0.2) is 25.4 Å². The largest absolute Gasteiger partial charge is 0.491 e. The Labute approximate surface area is 126 Å².